The largest absolute Gasteiger partial charge is 0.496 e. The van der Waals surface area contributed by atoms with Crippen molar-refractivity contribution >= 4 is 0 Å². The molecule has 2 atom stereocenters. The molecule has 0 saturated heterocycles. The molecule has 1 rings (SSSR count). The highest BCUT2D eigenvalue weighted by atomic mass is 16.5. The number of ether oxygens (including phenoxy) is 1. The van der Waals surface area contributed by atoms with Gasteiger partial charge in [-0.15, -0.1) is 0 Å². The lowest BCUT2D eigenvalue weighted by Gasteiger charge is -2.22. The molecule has 0 aliphatic heterocycles. The summed E-state index contributed by atoms with van der Waals surface area (Å²) < 4.78 is 5.21. The molecular weight excluding hydrogens is 214 g/mol. The number of aryl methyl sites for hydroxylation is 1. The highest BCUT2D eigenvalue weighted by molar-refractivity contribution is 5.36. The second-order valence-electron chi connectivity index (χ2n) is 4.91. The number of nitrogens with two attached hydrogens (primary N) is 1. The number of aliphatic hydroxyl groups excluding tert-OH is 1. The summed E-state index contributed by atoms with van der Waals surface area (Å²) in [6.45, 7) is 5.96. The zero-order valence-electron chi connectivity index (χ0n) is 11.1. The van der Waals surface area contributed by atoms with Crippen LogP contribution in [0.2, 0.25) is 0 Å². The van der Waals surface area contributed by atoms with Crippen molar-refractivity contribution in [1.29, 1.82) is 0 Å². The Morgan fingerprint density at radius 2 is 2.00 bits per heavy atom. The molecule has 3 N–H and O–H groups in total. The Morgan fingerprint density at radius 3 is 2.47 bits per heavy atom. The molecule has 1 aromatic rings. The maximum atomic E-state index is 9.88. The summed E-state index contributed by atoms with van der Waals surface area (Å²) in [5.74, 6) is 1.07. The molecule has 96 valence electrons. The lowest BCUT2D eigenvalue weighted by molar-refractivity contribution is 0.0978. The van der Waals surface area contributed by atoms with Gasteiger partial charge < -0.3 is 15.6 Å². The molecule has 0 heterocycles. The number of rotatable bonds is 5. The maximum Gasteiger partial charge on any atom is 0.121 e. The lowest BCUT2D eigenvalue weighted by Crippen LogP contribution is -2.39. The van der Waals surface area contributed by atoms with Crippen molar-refractivity contribution in [3.8, 4) is 5.75 Å². The minimum absolute atomic E-state index is 0.185. The summed E-state index contributed by atoms with van der Waals surface area (Å²) in [6, 6.07) is 5.78. The molecule has 0 aliphatic carbocycles. The third kappa shape index (κ3) is 3.72. The van der Waals surface area contributed by atoms with Crippen LogP contribution in [0.3, 0.4) is 0 Å². The molecule has 0 aliphatic rings. The van der Waals surface area contributed by atoms with Gasteiger partial charge in [0, 0.05) is 6.04 Å². The van der Waals surface area contributed by atoms with E-state index in [-0.39, 0.29) is 12.0 Å². The number of benzene rings is 1. The fourth-order valence-corrected chi connectivity index (χ4v) is 1.95. The minimum Gasteiger partial charge on any atom is -0.496 e. The van der Waals surface area contributed by atoms with E-state index in [0.29, 0.717) is 6.42 Å². The van der Waals surface area contributed by atoms with Gasteiger partial charge in [0.25, 0.3) is 0 Å². The first-order valence-corrected chi connectivity index (χ1v) is 6.03. The van der Waals surface area contributed by atoms with E-state index in [1.807, 2.05) is 32.9 Å². The van der Waals surface area contributed by atoms with Gasteiger partial charge in [0.15, 0.2) is 0 Å². The normalized spacial score (nSPS) is 14.8. The standard InChI is InChI=1S/C14H23NO2/c1-9(2)14(16)12(15)8-11-5-6-13(17-4)10(3)7-11/h5-7,9,12,14,16H,8,15H2,1-4H3. The highest BCUT2D eigenvalue weighted by Crippen LogP contribution is 2.20. The SMILES string of the molecule is COc1ccc(CC(N)C(O)C(C)C)cc1C. The molecule has 0 amide bonds. The topological polar surface area (TPSA) is 55.5 Å². The van der Waals surface area contributed by atoms with Crippen LogP contribution in [0.5, 0.6) is 5.75 Å². The summed E-state index contributed by atoms with van der Waals surface area (Å²) >= 11 is 0. The van der Waals surface area contributed by atoms with Crippen LogP contribution in [0.15, 0.2) is 18.2 Å². The molecule has 0 fully saturated rings. The average Bonchev–Trinajstić information content (AvgIpc) is 2.28. The Bertz CT molecular complexity index is 363. The van der Waals surface area contributed by atoms with Gasteiger partial charge in [0.2, 0.25) is 0 Å². The fraction of sp³-hybridized carbons (Fsp3) is 0.571. The van der Waals surface area contributed by atoms with Crippen molar-refractivity contribution < 1.29 is 9.84 Å². The van der Waals surface area contributed by atoms with E-state index in [2.05, 4.69) is 6.07 Å². The van der Waals surface area contributed by atoms with Gasteiger partial charge in [-0.2, -0.15) is 0 Å². The van der Waals surface area contributed by atoms with Crippen LogP contribution in [-0.4, -0.2) is 24.4 Å². The molecule has 2 unspecified atom stereocenters. The Morgan fingerprint density at radius 1 is 1.35 bits per heavy atom. The number of hydrogen-bond donors (Lipinski definition) is 2. The van der Waals surface area contributed by atoms with E-state index in [0.717, 1.165) is 16.9 Å². The van der Waals surface area contributed by atoms with E-state index in [1.165, 1.54) is 0 Å². The van der Waals surface area contributed by atoms with Crippen LogP contribution in [-0.2, 0) is 6.42 Å². The molecule has 0 aromatic heterocycles. The van der Waals surface area contributed by atoms with Crippen molar-refractivity contribution in [2.45, 2.75) is 39.3 Å². The van der Waals surface area contributed by atoms with Gasteiger partial charge in [0.1, 0.15) is 5.75 Å². The van der Waals surface area contributed by atoms with Crippen LogP contribution in [0.4, 0.5) is 0 Å². The molecule has 1 aromatic carbocycles. The second kappa shape index (κ2) is 6.03. The van der Waals surface area contributed by atoms with E-state index in [4.69, 9.17) is 10.5 Å². The molecule has 17 heavy (non-hydrogen) atoms. The van der Waals surface area contributed by atoms with Crippen molar-refractivity contribution in [1.82, 2.24) is 0 Å². The molecule has 0 spiro atoms. The first-order chi connectivity index (χ1) is 7.95. The lowest BCUT2D eigenvalue weighted by atomic mass is 9.94. The van der Waals surface area contributed by atoms with Crippen LogP contribution < -0.4 is 10.5 Å². The predicted octanol–water partition coefficient (Wildman–Crippen LogP) is 1.89. The zero-order valence-corrected chi connectivity index (χ0v) is 11.1. The van der Waals surface area contributed by atoms with Crippen molar-refractivity contribution in [3.05, 3.63) is 29.3 Å². The molecular formula is C14H23NO2. The molecule has 3 heteroatoms. The summed E-state index contributed by atoms with van der Waals surface area (Å²) in [7, 11) is 1.66. The van der Waals surface area contributed by atoms with E-state index < -0.39 is 6.10 Å². The Kier molecular flexibility index (Phi) is 4.97. The zero-order chi connectivity index (χ0) is 13.0. The Hall–Kier alpha value is -1.06. The summed E-state index contributed by atoms with van der Waals surface area (Å²) in [6.07, 6.45) is 0.224. The molecule has 0 radical (unpaired) electrons. The van der Waals surface area contributed by atoms with Gasteiger partial charge in [-0.25, -0.2) is 0 Å². The van der Waals surface area contributed by atoms with E-state index in [1.54, 1.807) is 7.11 Å². The Balaban J connectivity index is 2.72. The van der Waals surface area contributed by atoms with Gasteiger partial charge in [-0.1, -0.05) is 26.0 Å². The van der Waals surface area contributed by atoms with Crippen molar-refractivity contribution in [3.63, 3.8) is 0 Å². The first kappa shape index (κ1) is 14.0. The van der Waals surface area contributed by atoms with Gasteiger partial charge in [0.05, 0.1) is 13.2 Å². The number of aliphatic hydroxyl groups is 1. The van der Waals surface area contributed by atoms with Gasteiger partial charge in [-0.05, 0) is 36.5 Å². The fourth-order valence-electron chi connectivity index (χ4n) is 1.95. The second-order valence-corrected chi connectivity index (χ2v) is 4.91. The van der Waals surface area contributed by atoms with Crippen LogP contribution in [0.1, 0.15) is 25.0 Å². The number of hydrogen-bond acceptors (Lipinski definition) is 3. The number of methoxy groups -OCH3 is 1. The van der Waals surface area contributed by atoms with Gasteiger partial charge >= 0.3 is 0 Å². The monoisotopic (exact) mass is 237 g/mol. The third-order valence-electron chi connectivity index (χ3n) is 3.05. The minimum atomic E-state index is -0.461. The van der Waals surface area contributed by atoms with E-state index >= 15 is 0 Å². The Labute approximate surface area is 104 Å². The average molecular weight is 237 g/mol. The van der Waals surface area contributed by atoms with Crippen LogP contribution in [0.25, 0.3) is 0 Å². The predicted molar refractivity (Wildman–Crippen MR) is 70.3 cm³/mol. The summed E-state index contributed by atoms with van der Waals surface area (Å²) in [5, 5.41) is 9.88. The highest BCUT2D eigenvalue weighted by Gasteiger charge is 2.18. The molecule has 0 saturated carbocycles. The maximum absolute atomic E-state index is 9.88. The van der Waals surface area contributed by atoms with Crippen LogP contribution in [0, 0.1) is 12.8 Å². The summed E-state index contributed by atoms with van der Waals surface area (Å²) in [5.41, 5.74) is 8.22. The van der Waals surface area contributed by atoms with Crippen molar-refractivity contribution in [2.24, 2.45) is 11.7 Å². The molecule has 0 bridgehead atoms. The van der Waals surface area contributed by atoms with Crippen LogP contribution >= 0.6 is 0 Å². The van der Waals surface area contributed by atoms with Crippen molar-refractivity contribution in [2.75, 3.05) is 7.11 Å². The van der Waals surface area contributed by atoms with E-state index in [9.17, 15) is 5.11 Å². The third-order valence-corrected chi connectivity index (χ3v) is 3.05. The summed E-state index contributed by atoms with van der Waals surface area (Å²) in [4.78, 5) is 0. The smallest absolute Gasteiger partial charge is 0.121 e. The quantitative estimate of drug-likeness (QED) is 0.822. The van der Waals surface area contributed by atoms with Gasteiger partial charge in [-0.3, -0.25) is 0 Å². The molecule has 3 nitrogen and oxygen atoms in total. The first-order valence-electron chi connectivity index (χ1n) is 6.03.